The highest BCUT2D eigenvalue weighted by Crippen LogP contribution is 2.37. The van der Waals surface area contributed by atoms with Crippen LogP contribution in [0.15, 0.2) is 0 Å². The number of anilines is 2. The van der Waals surface area contributed by atoms with Crippen molar-refractivity contribution in [3.8, 4) is 0 Å². The minimum atomic E-state index is 0.841. The lowest BCUT2D eigenvalue weighted by Crippen LogP contribution is -2.24. The van der Waals surface area contributed by atoms with Crippen molar-refractivity contribution in [3.63, 3.8) is 0 Å². The average Bonchev–Trinajstić information content (AvgIpc) is 2.20. The number of nitrogens with zero attached hydrogens (tertiary/aromatic N) is 2. The van der Waals surface area contributed by atoms with Gasteiger partial charge in [0.2, 0.25) is 0 Å². The summed E-state index contributed by atoms with van der Waals surface area (Å²) in [6.45, 7) is 3.24. The molecule has 0 saturated heterocycles. The summed E-state index contributed by atoms with van der Waals surface area (Å²) in [5.41, 5.74) is 2.27. The second-order valence-electron chi connectivity index (χ2n) is 4.02. The fraction of sp³-hybridized carbons (Fsp3) is 0.636. The number of unbranched alkanes of at least 4 members (excludes halogenated alkanes) is 1. The minimum absolute atomic E-state index is 0.841. The van der Waals surface area contributed by atoms with Crippen molar-refractivity contribution in [3.05, 3.63) is 9.02 Å². The lowest BCUT2D eigenvalue weighted by Gasteiger charge is -2.28. The highest BCUT2D eigenvalue weighted by atomic mass is 32.1. The molecule has 0 bridgehead atoms. The molecule has 0 aromatic heterocycles. The topological polar surface area (TPSA) is 6.48 Å². The van der Waals surface area contributed by atoms with Crippen LogP contribution >= 0.6 is 24.4 Å². The Bertz CT molecular complexity index is 403. The predicted molar refractivity (Wildman–Crippen MR) is 73.0 cm³/mol. The molecule has 0 aliphatic heterocycles. The highest BCUT2D eigenvalue weighted by molar-refractivity contribution is 7.74. The Morgan fingerprint density at radius 2 is 1.53 bits per heavy atom. The molecule has 0 aliphatic carbocycles. The molecule has 0 radical (unpaired) electrons. The van der Waals surface area contributed by atoms with Gasteiger partial charge in [-0.2, -0.15) is 0 Å². The normalized spacial score (nSPS) is 10.7. The van der Waals surface area contributed by atoms with E-state index in [4.69, 9.17) is 24.4 Å². The third kappa shape index (κ3) is 2.37. The molecule has 0 unspecified atom stereocenters. The van der Waals surface area contributed by atoms with Crippen LogP contribution in [0.4, 0.5) is 11.4 Å². The summed E-state index contributed by atoms with van der Waals surface area (Å²) in [6.07, 6.45) is 2.39. The fourth-order valence-electron chi connectivity index (χ4n) is 1.64. The van der Waals surface area contributed by atoms with E-state index in [0.29, 0.717) is 0 Å². The quantitative estimate of drug-likeness (QED) is 0.730. The third-order valence-corrected chi connectivity index (χ3v) is 3.46. The summed E-state index contributed by atoms with van der Waals surface area (Å²) in [7, 11) is 6.11. The van der Waals surface area contributed by atoms with Gasteiger partial charge in [-0.15, -0.1) is 0 Å². The summed E-state index contributed by atoms with van der Waals surface area (Å²) in [6, 6.07) is 0. The van der Waals surface area contributed by atoms with E-state index < -0.39 is 0 Å². The van der Waals surface area contributed by atoms with Gasteiger partial charge in [0.25, 0.3) is 0 Å². The summed E-state index contributed by atoms with van der Waals surface area (Å²) < 4.78 is 1.70. The Labute approximate surface area is 102 Å². The molecule has 15 heavy (non-hydrogen) atoms. The first kappa shape index (κ1) is 12.6. The van der Waals surface area contributed by atoms with E-state index in [0.717, 1.165) is 26.9 Å². The molecular formula is C11H18N2S2. The van der Waals surface area contributed by atoms with Crippen molar-refractivity contribution in [1.82, 2.24) is 0 Å². The van der Waals surface area contributed by atoms with Crippen LogP contribution in [0.1, 0.15) is 19.8 Å². The van der Waals surface area contributed by atoms with E-state index in [2.05, 4.69) is 23.8 Å². The predicted octanol–water partition coefficient (Wildman–Crippen LogP) is 3.32. The van der Waals surface area contributed by atoms with E-state index in [1.54, 1.807) is 0 Å². The summed E-state index contributed by atoms with van der Waals surface area (Å²) >= 11 is 10.5. The molecule has 1 aromatic rings. The first-order chi connectivity index (χ1) is 7.00. The molecule has 2 nitrogen and oxygen atoms in total. The Kier molecular flexibility index (Phi) is 4.22. The summed E-state index contributed by atoms with van der Waals surface area (Å²) in [4.78, 5) is 4.27. The van der Waals surface area contributed by atoms with E-state index in [-0.39, 0.29) is 0 Å². The van der Waals surface area contributed by atoms with Crippen molar-refractivity contribution in [2.75, 3.05) is 37.5 Å². The molecule has 1 aromatic carbocycles. The Morgan fingerprint density at radius 3 is 2.00 bits per heavy atom. The van der Waals surface area contributed by atoms with Crippen LogP contribution in [0, 0.1) is 9.02 Å². The van der Waals surface area contributed by atoms with Crippen molar-refractivity contribution in [2.45, 2.75) is 19.8 Å². The molecule has 0 heterocycles. The van der Waals surface area contributed by atoms with Crippen molar-refractivity contribution in [1.29, 1.82) is 0 Å². The van der Waals surface area contributed by atoms with Gasteiger partial charge < -0.3 is 9.80 Å². The van der Waals surface area contributed by atoms with Gasteiger partial charge in [0.05, 0.1) is 20.4 Å². The Hall–Kier alpha value is -0.480. The number of hydrogen-bond acceptors (Lipinski definition) is 4. The average molecular weight is 242 g/mol. The maximum atomic E-state index is 5.28. The summed E-state index contributed by atoms with van der Waals surface area (Å²) in [5, 5.41) is 0. The van der Waals surface area contributed by atoms with Gasteiger partial charge in [-0.3, -0.25) is 0 Å². The van der Waals surface area contributed by atoms with E-state index >= 15 is 0 Å². The standard InChI is InChI=1S/C11H18N2S2/c1-5-6-7-13(4)9-8(12(2)3)10(14)11(9)15/h5-7H2,1-4H3. The van der Waals surface area contributed by atoms with E-state index in [1.165, 1.54) is 12.8 Å². The number of hydrogen-bond donors (Lipinski definition) is 0. The monoisotopic (exact) mass is 242 g/mol. The van der Waals surface area contributed by atoms with Crippen LogP contribution in [0.3, 0.4) is 0 Å². The Balaban J connectivity index is 2.90. The highest BCUT2D eigenvalue weighted by Gasteiger charge is 2.19. The molecule has 0 amide bonds. The van der Waals surface area contributed by atoms with Crippen molar-refractivity contribution in [2.24, 2.45) is 0 Å². The molecule has 0 spiro atoms. The van der Waals surface area contributed by atoms with Crippen molar-refractivity contribution < 1.29 is 0 Å². The van der Waals surface area contributed by atoms with Gasteiger partial charge in [0.15, 0.2) is 0 Å². The van der Waals surface area contributed by atoms with Crippen LogP contribution in [-0.4, -0.2) is 27.7 Å². The third-order valence-electron chi connectivity index (χ3n) is 2.54. The fourth-order valence-corrected chi connectivity index (χ4v) is 2.37. The zero-order valence-electron chi connectivity index (χ0n) is 9.83. The lowest BCUT2D eigenvalue weighted by atomic mass is 10.1. The maximum Gasteiger partial charge on any atom is 0.0834 e. The minimum Gasteiger partial charge on any atom is -0.375 e. The second-order valence-corrected chi connectivity index (χ2v) is 4.84. The van der Waals surface area contributed by atoms with Crippen molar-refractivity contribution >= 4 is 35.8 Å². The van der Waals surface area contributed by atoms with Crippen LogP contribution < -0.4 is 9.80 Å². The Morgan fingerprint density at radius 1 is 1.00 bits per heavy atom. The van der Waals surface area contributed by atoms with Gasteiger partial charge in [-0.25, -0.2) is 0 Å². The molecule has 0 saturated carbocycles. The first-order valence-electron chi connectivity index (χ1n) is 5.22. The molecule has 0 atom stereocenters. The molecule has 0 fully saturated rings. The zero-order chi connectivity index (χ0) is 11.6. The molecule has 4 heteroatoms. The maximum absolute atomic E-state index is 5.28. The number of rotatable bonds is 5. The second kappa shape index (κ2) is 5.03. The van der Waals surface area contributed by atoms with Gasteiger partial charge in [-0.1, -0.05) is 37.8 Å². The molecule has 0 N–H and O–H groups in total. The van der Waals surface area contributed by atoms with Gasteiger partial charge in [-0.05, 0) is 6.42 Å². The van der Waals surface area contributed by atoms with Crippen LogP contribution in [0.2, 0.25) is 0 Å². The SMILES string of the molecule is CCCCN(C)c1c(N(C)C)c(=S)c1=S. The summed E-state index contributed by atoms with van der Waals surface area (Å²) in [5.74, 6) is 0. The molecule has 1 rings (SSSR count). The van der Waals surface area contributed by atoms with Crippen LogP contribution in [-0.2, 0) is 0 Å². The van der Waals surface area contributed by atoms with E-state index in [1.807, 2.05) is 14.1 Å². The van der Waals surface area contributed by atoms with Gasteiger partial charge >= 0.3 is 0 Å². The van der Waals surface area contributed by atoms with E-state index in [9.17, 15) is 0 Å². The first-order valence-corrected chi connectivity index (χ1v) is 6.04. The van der Waals surface area contributed by atoms with Crippen LogP contribution in [0.5, 0.6) is 0 Å². The smallest absolute Gasteiger partial charge is 0.0834 e. The molecule has 84 valence electrons. The van der Waals surface area contributed by atoms with Gasteiger partial charge in [0, 0.05) is 27.7 Å². The van der Waals surface area contributed by atoms with Crippen LogP contribution in [0.25, 0.3) is 0 Å². The molecule has 0 aliphatic rings. The lowest BCUT2D eigenvalue weighted by molar-refractivity contribution is 0.763. The largest absolute Gasteiger partial charge is 0.375 e. The molecular weight excluding hydrogens is 224 g/mol. The van der Waals surface area contributed by atoms with Gasteiger partial charge in [0.1, 0.15) is 0 Å². The zero-order valence-corrected chi connectivity index (χ0v) is 11.5.